The zero-order valence-electron chi connectivity index (χ0n) is 17.2. The third-order valence-corrected chi connectivity index (χ3v) is 5.75. The monoisotopic (exact) mass is 507 g/mol. The van der Waals surface area contributed by atoms with Gasteiger partial charge in [-0.3, -0.25) is 4.79 Å². The summed E-state index contributed by atoms with van der Waals surface area (Å²) < 4.78 is 0. The van der Waals surface area contributed by atoms with E-state index in [1.165, 1.54) is 30.7 Å². The molecular formula is C19H34IN5OS. The average molecular weight is 507 g/mol. The maximum absolute atomic E-state index is 11.8. The van der Waals surface area contributed by atoms with Gasteiger partial charge in [0.15, 0.2) is 5.96 Å². The molecule has 0 unspecified atom stereocenters. The maximum Gasteiger partial charge on any atom is 0.243 e. The quantitative estimate of drug-likeness (QED) is 0.353. The molecule has 0 spiro atoms. The van der Waals surface area contributed by atoms with Crippen molar-refractivity contribution in [3.8, 4) is 0 Å². The summed E-state index contributed by atoms with van der Waals surface area (Å²) in [6, 6.07) is 0.461. The van der Waals surface area contributed by atoms with E-state index in [1.54, 1.807) is 30.3 Å². The van der Waals surface area contributed by atoms with Gasteiger partial charge >= 0.3 is 0 Å². The number of thiazole rings is 1. The van der Waals surface area contributed by atoms with Crippen molar-refractivity contribution in [2.45, 2.75) is 64.3 Å². The van der Waals surface area contributed by atoms with Crippen molar-refractivity contribution < 1.29 is 4.79 Å². The summed E-state index contributed by atoms with van der Waals surface area (Å²) in [5.41, 5.74) is 1.21. The summed E-state index contributed by atoms with van der Waals surface area (Å²) in [6.45, 7) is 7.48. The molecule has 1 heterocycles. The number of nitrogens with zero attached hydrogens (tertiary/aromatic N) is 3. The summed E-state index contributed by atoms with van der Waals surface area (Å²) in [5.74, 6) is 0.741. The van der Waals surface area contributed by atoms with Crippen molar-refractivity contribution in [3.63, 3.8) is 0 Å². The topological polar surface area (TPSA) is 69.6 Å². The van der Waals surface area contributed by atoms with E-state index in [2.05, 4.69) is 41.8 Å². The zero-order valence-corrected chi connectivity index (χ0v) is 20.3. The molecule has 0 saturated heterocycles. The van der Waals surface area contributed by atoms with Crippen LogP contribution < -0.4 is 10.6 Å². The first-order valence-corrected chi connectivity index (χ1v) is 10.3. The van der Waals surface area contributed by atoms with Crippen molar-refractivity contribution in [2.24, 2.45) is 4.99 Å². The molecule has 1 aromatic rings. The predicted octanol–water partition coefficient (Wildman–Crippen LogP) is 3.17. The van der Waals surface area contributed by atoms with Crippen LogP contribution in [0.1, 0.15) is 57.2 Å². The molecule has 8 heteroatoms. The van der Waals surface area contributed by atoms with Gasteiger partial charge < -0.3 is 15.5 Å². The lowest BCUT2D eigenvalue weighted by atomic mass is 9.98. The minimum Gasteiger partial charge on any atom is -0.356 e. The predicted molar refractivity (Wildman–Crippen MR) is 124 cm³/mol. The normalized spacial score (nSPS) is 15.4. The lowest BCUT2D eigenvalue weighted by molar-refractivity contribution is -0.127. The molecule has 1 aliphatic rings. The summed E-state index contributed by atoms with van der Waals surface area (Å²) in [4.78, 5) is 22.6. The molecule has 1 aliphatic carbocycles. The third-order valence-electron chi connectivity index (χ3n) is 4.43. The Kier molecular flexibility index (Phi) is 10.0. The van der Waals surface area contributed by atoms with Crippen LogP contribution >= 0.6 is 35.3 Å². The molecule has 154 valence electrons. The van der Waals surface area contributed by atoms with Crippen molar-refractivity contribution in [1.29, 1.82) is 0 Å². The number of halogens is 1. The molecule has 0 radical (unpaired) electrons. The highest BCUT2D eigenvalue weighted by molar-refractivity contribution is 14.0. The molecule has 27 heavy (non-hydrogen) atoms. The van der Waals surface area contributed by atoms with Gasteiger partial charge in [0.2, 0.25) is 5.91 Å². The van der Waals surface area contributed by atoms with Gasteiger partial charge in [0.25, 0.3) is 0 Å². The van der Waals surface area contributed by atoms with Gasteiger partial charge in [0.05, 0.1) is 10.7 Å². The van der Waals surface area contributed by atoms with E-state index >= 15 is 0 Å². The molecular weight excluding hydrogens is 473 g/mol. The van der Waals surface area contributed by atoms with E-state index in [9.17, 15) is 4.79 Å². The van der Waals surface area contributed by atoms with Gasteiger partial charge in [-0.15, -0.1) is 35.3 Å². The highest BCUT2D eigenvalue weighted by Crippen LogP contribution is 2.25. The second-order valence-corrected chi connectivity index (χ2v) is 9.01. The number of hydrogen-bond donors (Lipinski definition) is 2. The Balaban J connectivity index is 0.00000364. The van der Waals surface area contributed by atoms with E-state index < -0.39 is 0 Å². The van der Waals surface area contributed by atoms with Crippen LogP contribution in [0.25, 0.3) is 0 Å². The van der Waals surface area contributed by atoms with E-state index in [4.69, 9.17) is 4.98 Å². The first-order valence-electron chi connectivity index (χ1n) is 9.45. The SMILES string of the molecule is CN(C)C(=O)CN=C(NCCc1csc(C(C)(C)C)n1)NC1CCCC1.I. The lowest BCUT2D eigenvalue weighted by Crippen LogP contribution is -2.43. The van der Waals surface area contributed by atoms with E-state index in [0.717, 1.165) is 24.6 Å². The van der Waals surface area contributed by atoms with Crippen LogP contribution in [0.2, 0.25) is 0 Å². The number of amides is 1. The summed E-state index contributed by atoms with van der Waals surface area (Å²) >= 11 is 1.72. The number of guanidine groups is 1. The number of carbonyl (C=O) groups is 1. The number of hydrogen-bond acceptors (Lipinski definition) is 4. The minimum absolute atomic E-state index is 0. The van der Waals surface area contributed by atoms with Crippen molar-refractivity contribution in [3.05, 3.63) is 16.1 Å². The largest absolute Gasteiger partial charge is 0.356 e. The van der Waals surface area contributed by atoms with Gasteiger partial charge in [-0.05, 0) is 12.8 Å². The molecule has 6 nitrogen and oxygen atoms in total. The molecule has 1 saturated carbocycles. The maximum atomic E-state index is 11.8. The van der Waals surface area contributed by atoms with E-state index in [0.29, 0.717) is 6.04 Å². The molecule has 1 fully saturated rings. The Morgan fingerprint density at radius 1 is 1.33 bits per heavy atom. The first kappa shape index (κ1) is 24.1. The fourth-order valence-electron chi connectivity index (χ4n) is 2.78. The van der Waals surface area contributed by atoms with Crippen molar-refractivity contribution in [1.82, 2.24) is 20.5 Å². The van der Waals surface area contributed by atoms with Gasteiger partial charge in [-0.25, -0.2) is 9.98 Å². The Morgan fingerprint density at radius 3 is 2.56 bits per heavy atom. The molecule has 1 aromatic heterocycles. The summed E-state index contributed by atoms with van der Waals surface area (Å²) in [7, 11) is 3.51. The van der Waals surface area contributed by atoms with Crippen LogP contribution in [0.3, 0.4) is 0 Å². The van der Waals surface area contributed by atoms with Gasteiger partial charge in [0, 0.05) is 43.9 Å². The van der Waals surface area contributed by atoms with Crippen LogP contribution in [0.5, 0.6) is 0 Å². The van der Waals surface area contributed by atoms with Crippen LogP contribution in [-0.2, 0) is 16.6 Å². The number of carbonyl (C=O) groups excluding carboxylic acids is 1. The molecule has 0 atom stereocenters. The average Bonchev–Trinajstić information content (AvgIpc) is 3.23. The minimum atomic E-state index is 0. The van der Waals surface area contributed by atoms with Gasteiger partial charge in [0.1, 0.15) is 6.54 Å². The fourth-order valence-corrected chi connectivity index (χ4v) is 3.72. The van der Waals surface area contributed by atoms with Gasteiger partial charge in [-0.1, -0.05) is 33.6 Å². The fraction of sp³-hybridized carbons (Fsp3) is 0.737. The number of aromatic nitrogens is 1. The van der Waals surface area contributed by atoms with Crippen molar-refractivity contribution in [2.75, 3.05) is 27.2 Å². The second-order valence-electron chi connectivity index (χ2n) is 8.15. The highest BCUT2D eigenvalue weighted by atomic mass is 127. The number of nitrogens with one attached hydrogen (secondary N) is 2. The van der Waals surface area contributed by atoms with Crippen LogP contribution in [0.4, 0.5) is 0 Å². The summed E-state index contributed by atoms with van der Waals surface area (Å²) in [5, 5.41) is 10.2. The Morgan fingerprint density at radius 2 is 2.00 bits per heavy atom. The Bertz CT molecular complexity index is 618. The summed E-state index contributed by atoms with van der Waals surface area (Å²) in [6.07, 6.45) is 5.71. The lowest BCUT2D eigenvalue weighted by Gasteiger charge is -2.18. The smallest absolute Gasteiger partial charge is 0.243 e. The molecule has 0 bridgehead atoms. The highest BCUT2D eigenvalue weighted by Gasteiger charge is 2.18. The molecule has 2 N–H and O–H groups in total. The molecule has 2 rings (SSSR count). The van der Waals surface area contributed by atoms with Crippen LogP contribution in [0.15, 0.2) is 10.4 Å². The Labute approximate surface area is 184 Å². The van der Waals surface area contributed by atoms with Crippen molar-refractivity contribution >= 4 is 47.2 Å². The molecule has 0 aromatic carbocycles. The Hall–Kier alpha value is -0.900. The number of rotatable bonds is 6. The van der Waals surface area contributed by atoms with Crippen LogP contribution in [-0.4, -0.2) is 55.0 Å². The zero-order chi connectivity index (χ0) is 19.2. The first-order chi connectivity index (χ1) is 12.3. The number of likely N-dealkylation sites (N-methyl/N-ethyl adjacent to an activating group) is 1. The number of aliphatic imine (C=N–C) groups is 1. The van der Waals surface area contributed by atoms with Crippen LogP contribution in [0, 0.1) is 0 Å². The second kappa shape index (κ2) is 11.2. The molecule has 0 aliphatic heterocycles. The standard InChI is InChI=1S/C19H33N5OS.HI/c1-19(2,3)17-22-15(13-26-17)10-11-20-18(21-12-16(25)24(4)5)23-14-8-6-7-9-14;/h13-14H,6-12H2,1-5H3,(H2,20,21,23);1H. The molecule has 1 amide bonds. The third kappa shape index (κ3) is 8.33. The van der Waals surface area contributed by atoms with Gasteiger partial charge in [-0.2, -0.15) is 0 Å². The van der Waals surface area contributed by atoms with E-state index in [-0.39, 0.29) is 41.8 Å². The van der Waals surface area contributed by atoms with E-state index in [1.807, 2.05) is 0 Å².